The number of hydrogen-bond donors (Lipinski definition) is 1. The van der Waals surface area contributed by atoms with Gasteiger partial charge in [-0.1, -0.05) is 25.5 Å². The van der Waals surface area contributed by atoms with Gasteiger partial charge in [0, 0.05) is 18.8 Å². The molecule has 1 N–H and O–H groups in total. The van der Waals surface area contributed by atoms with Gasteiger partial charge < -0.3 is 19.2 Å². The van der Waals surface area contributed by atoms with E-state index in [0.29, 0.717) is 12.3 Å². The first-order valence-electron chi connectivity index (χ1n) is 11.4. The molecule has 3 amide bonds. The molecule has 2 aliphatic rings. The summed E-state index contributed by atoms with van der Waals surface area (Å²) >= 11 is 0. The van der Waals surface area contributed by atoms with Crippen LogP contribution in [0.15, 0.2) is 65.4 Å². The van der Waals surface area contributed by atoms with Gasteiger partial charge in [0.1, 0.15) is 18.3 Å². The number of carbonyl (C=O) groups is 2. The van der Waals surface area contributed by atoms with E-state index in [1.54, 1.807) is 16.1 Å². The van der Waals surface area contributed by atoms with Crippen LogP contribution in [0.25, 0.3) is 5.69 Å². The van der Waals surface area contributed by atoms with E-state index in [1.807, 2.05) is 54.7 Å². The number of rotatable bonds is 7. The first kappa shape index (κ1) is 20.4. The monoisotopic (exact) mass is 432 g/mol. The smallest absolute Gasteiger partial charge is 0.318 e. The van der Waals surface area contributed by atoms with Crippen LogP contribution in [0.1, 0.15) is 50.1 Å². The Labute approximate surface area is 187 Å². The summed E-state index contributed by atoms with van der Waals surface area (Å²) in [6, 6.07) is 15.2. The minimum absolute atomic E-state index is 0.0366. The molecule has 1 unspecified atom stereocenters. The number of fused-ring (bicyclic) bond motifs is 3. The number of urea groups is 1. The number of aromatic nitrogens is 1. The fourth-order valence-electron chi connectivity index (χ4n) is 4.43. The predicted molar refractivity (Wildman–Crippen MR) is 122 cm³/mol. The van der Waals surface area contributed by atoms with Crippen molar-refractivity contribution in [2.24, 2.45) is 0 Å². The molecule has 7 heteroatoms. The van der Waals surface area contributed by atoms with E-state index < -0.39 is 6.04 Å². The van der Waals surface area contributed by atoms with E-state index in [-0.39, 0.29) is 24.5 Å². The summed E-state index contributed by atoms with van der Waals surface area (Å²) in [4.78, 5) is 30.2. The largest absolute Gasteiger partial charge is 0.467 e. The molecule has 1 atom stereocenters. The SMILES string of the molecule is CCCCNC(=O)N(CC(=O)N1c2ccccc2-n2cccc2C1c1ccco1)C1CC1. The van der Waals surface area contributed by atoms with Crippen LogP contribution in [-0.2, 0) is 4.79 Å². The Bertz CT molecular complexity index is 1100. The lowest BCUT2D eigenvalue weighted by Gasteiger charge is -2.38. The molecule has 1 aliphatic heterocycles. The number of nitrogens with zero attached hydrogens (tertiary/aromatic N) is 3. The van der Waals surface area contributed by atoms with Crippen molar-refractivity contribution in [3.05, 3.63) is 72.4 Å². The molecule has 0 radical (unpaired) electrons. The van der Waals surface area contributed by atoms with Crippen molar-refractivity contribution in [3.8, 4) is 5.69 Å². The quantitative estimate of drug-likeness (QED) is 0.560. The summed E-state index contributed by atoms with van der Waals surface area (Å²) < 4.78 is 7.87. The maximum absolute atomic E-state index is 13.8. The Hall–Kier alpha value is -3.48. The van der Waals surface area contributed by atoms with Crippen molar-refractivity contribution in [1.82, 2.24) is 14.8 Å². The third-order valence-corrected chi connectivity index (χ3v) is 6.16. The number of para-hydroxylation sites is 2. The molecule has 1 aliphatic carbocycles. The lowest BCUT2D eigenvalue weighted by molar-refractivity contribution is -0.119. The standard InChI is InChI=1S/C25H28N4O3/c1-2-3-14-26-25(31)28(18-12-13-18)17-23(30)29-20-9-5-4-8-19(20)27-15-6-10-21(27)24(29)22-11-7-16-32-22/h4-11,15-16,18,24H,2-3,12-14,17H2,1H3,(H,26,31). The number of furan rings is 1. The summed E-state index contributed by atoms with van der Waals surface area (Å²) in [7, 11) is 0. The zero-order valence-electron chi connectivity index (χ0n) is 18.2. The molecule has 1 aromatic carbocycles. The van der Waals surface area contributed by atoms with Crippen LogP contribution in [0.5, 0.6) is 0 Å². The molecular formula is C25H28N4O3. The molecule has 2 aromatic heterocycles. The lowest BCUT2D eigenvalue weighted by Crippen LogP contribution is -2.50. The van der Waals surface area contributed by atoms with Crippen molar-refractivity contribution >= 4 is 17.6 Å². The summed E-state index contributed by atoms with van der Waals surface area (Å²) in [5.41, 5.74) is 2.70. The normalized spacial score (nSPS) is 16.9. The average Bonchev–Trinajstić information content (AvgIpc) is 3.28. The molecule has 1 saturated carbocycles. The van der Waals surface area contributed by atoms with Crippen molar-refractivity contribution in [1.29, 1.82) is 0 Å². The van der Waals surface area contributed by atoms with Gasteiger partial charge in [-0.25, -0.2) is 4.79 Å². The van der Waals surface area contributed by atoms with E-state index in [4.69, 9.17) is 4.42 Å². The van der Waals surface area contributed by atoms with Crippen molar-refractivity contribution < 1.29 is 14.0 Å². The molecule has 1 fully saturated rings. The van der Waals surface area contributed by atoms with Crippen LogP contribution in [0.3, 0.4) is 0 Å². The second-order valence-electron chi connectivity index (χ2n) is 8.42. The maximum atomic E-state index is 13.8. The number of benzene rings is 1. The molecule has 3 aromatic rings. The Balaban J connectivity index is 1.49. The van der Waals surface area contributed by atoms with Gasteiger partial charge in [0.15, 0.2) is 0 Å². The predicted octanol–water partition coefficient (Wildman–Crippen LogP) is 4.48. The minimum atomic E-state index is -0.397. The van der Waals surface area contributed by atoms with Crippen LogP contribution in [-0.4, -0.2) is 40.5 Å². The molecule has 0 bridgehead atoms. The van der Waals surface area contributed by atoms with E-state index in [2.05, 4.69) is 16.8 Å². The molecule has 166 valence electrons. The molecule has 0 saturated heterocycles. The first-order valence-corrected chi connectivity index (χ1v) is 11.4. The van der Waals surface area contributed by atoms with Crippen molar-refractivity contribution in [3.63, 3.8) is 0 Å². The second kappa shape index (κ2) is 8.57. The van der Waals surface area contributed by atoms with Gasteiger partial charge in [-0.3, -0.25) is 9.69 Å². The third kappa shape index (κ3) is 3.68. The van der Waals surface area contributed by atoms with Crippen LogP contribution in [0.4, 0.5) is 10.5 Å². The number of anilines is 1. The Kier molecular flexibility index (Phi) is 5.47. The zero-order chi connectivity index (χ0) is 22.1. The van der Waals surface area contributed by atoms with Gasteiger partial charge in [0.05, 0.1) is 23.3 Å². The fourth-order valence-corrected chi connectivity index (χ4v) is 4.43. The maximum Gasteiger partial charge on any atom is 0.318 e. The first-order chi connectivity index (χ1) is 15.7. The van der Waals surface area contributed by atoms with E-state index in [1.165, 1.54) is 0 Å². The number of unbranched alkanes of at least 4 members (excludes halogenated alkanes) is 1. The number of hydrogen-bond acceptors (Lipinski definition) is 3. The van der Waals surface area contributed by atoms with Gasteiger partial charge in [-0.05, 0) is 55.7 Å². The van der Waals surface area contributed by atoms with Crippen LogP contribution in [0.2, 0.25) is 0 Å². The zero-order valence-corrected chi connectivity index (χ0v) is 18.2. The van der Waals surface area contributed by atoms with Gasteiger partial charge in [0.25, 0.3) is 0 Å². The Morgan fingerprint density at radius 3 is 2.62 bits per heavy atom. The summed E-state index contributed by atoms with van der Waals surface area (Å²) in [5, 5.41) is 2.98. The topological polar surface area (TPSA) is 70.7 Å². The van der Waals surface area contributed by atoms with E-state index in [9.17, 15) is 9.59 Å². The highest BCUT2D eigenvalue weighted by molar-refractivity contribution is 6.00. The number of amides is 3. The highest BCUT2D eigenvalue weighted by atomic mass is 16.3. The van der Waals surface area contributed by atoms with Crippen LogP contribution >= 0.6 is 0 Å². The fraction of sp³-hybridized carbons (Fsp3) is 0.360. The summed E-state index contributed by atoms with van der Waals surface area (Å²) in [6.45, 7) is 2.75. The second-order valence-corrected chi connectivity index (χ2v) is 8.42. The minimum Gasteiger partial charge on any atom is -0.467 e. The third-order valence-electron chi connectivity index (χ3n) is 6.16. The molecule has 7 nitrogen and oxygen atoms in total. The molecule has 0 spiro atoms. The highest BCUT2D eigenvalue weighted by Crippen LogP contribution is 2.42. The number of carbonyl (C=O) groups excluding carboxylic acids is 2. The van der Waals surface area contributed by atoms with Crippen LogP contribution in [0, 0.1) is 0 Å². The van der Waals surface area contributed by atoms with Gasteiger partial charge in [0.2, 0.25) is 5.91 Å². The van der Waals surface area contributed by atoms with E-state index >= 15 is 0 Å². The molecule has 3 heterocycles. The van der Waals surface area contributed by atoms with Gasteiger partial charge >= 0.3 is 6.03 Å². The molecular weight excluding hydrogens is 404 g/mol. The summed E-state index contributed by atoms with van der Waals surface area (Å²) in [5.74, 6) is 0.571. The molecule has 5 rings (SSSR count). The number of nitrogens with one attached hydrogen (secondary N) is 1. The average molecular weight is 433 g/mol. The highest BCUT2D eigenvalue weighted by Gasteiger charge is 2.40. The van der Waals surface area contributed by atoms with E-state index in [0.717, 1.165) is 42.8 Å². The van der Waals surface area contributed by atoms with Crippen molar-refractivity contribution in [2.75, 3.05) is 18.0 Å². The molecule has 32 heavy (non-hydrogen) atoms. The summed E-state index contributed by atoms with van der Waals surface area (Å²) in [6.07, 6.45) is 7.45. The van der Waals surface area contributed by atoms with Crippen molar-refractivity contribution in [2.45, 2.75) is 44.7 Å². The van der Waals surface area contributed by atoms with Gasteiger partial charge in [-0.15, -0.1) is 0 Å². The van der Waals surface area contributed by atoms with Gasteiger partial charge in [-0.2, -0.15) is 0 Å². The van der Waals surface area contributed by atoms with Crippen LogP contribution < -0.4 is 10.2 Å². The Morgan fingerprint density at radius 2 is 1.91 bits per heavy atom. The lowest BCUT2D eigenvalue weighted by atomic mass is 10.0. The Morgan fingerprint density at radius 1 is 1.09 bits per heavy atom.